The van der Waals surface area contributed by atoms with Gasteiger partial charge in [-0.1, -0.05) is 6.07 Å². The summed E-state index contributed by atoms with van der Waals surface area (Å²) < 4.78 is 38.3. The van der Waals surface area contributed by atoms with E-state index in [-0.39, 0.29) is 18.3 Å². The first-order valence-corrected chi connectivity index (χ1v) is 7.29. The molecule has 0 radical (unpaired) electrons. The minimum atomic E-state index is -4.47. The first-order chi connectivity index (χ1) is 10.9. The van der Waals surface area contributed by atoms with Crippen molar-refractivity contribution in [3.8, 4) is 0 Å². The molecule has 0 aliphatic carbocycles. The van der Waals surface area contributed by atoms with Gasteiger partial charge in [-0.05, 0) is 36.2 Å². The van der Waals surface area contributed by atoms with Crippen molar-refractivity contribution in [2.45, 2.75) is 18.7 Å². The Morgan fingerprint density at radius 3 is 2.57 bits per heavy atom. The molecule has 2 aromatic rings. The third kappa shape index (κ3) is 3.61. The molecule has 0 saturated carbocycles. The van der Waals surface area contributed by atoms with Crippen LogP contribution in [0.15, 0.2) is 42.7 Å². The van der Waals surface area contributed by atoms with Crippen molar-refractivity contribution in [3.63, 3.8) is 0 Å². The molecule has 0 aromatic carbocycles. The molecule has 1 saturated heterocycles. The Morgan fingerprint density at radius 2 is 1.87 bits per heavy atom. The lowest BCUT2D eigenvalue weighted by atomic mass is 9.97. The van der Waals surface area contributed by atoms with E-state index in [0.717, 1.165) is 11.6 Å². The van der Waals surface area contributed by atoms with Crippen LogP contribution in [0, 0.1) is 5.92 Å². The molecule has 1 N–H and O–H groups in total. The number of hydrogen-bond acceptors (Lipinski definition) is 4. The smallest absolute Gasteiger partial charge is 0.391 e. The standard InChI is InChI=1S/C16H16F3N3O/c17-16(18,19)14-2-1-3-15(21-14)22-9-12(13(23)10-22)8-11-4-6-20-7-5-11/h1-7,12-13,23H,8-10H2/t12-,13+/m1/s1. The van der Waals surface area contributed by atoms with Gasteiger partial charge in [-0.3, -0.25) is 4.98 Å². The quantitative estimate of drug-likeness (QED) is 0.943. The third-order valence-corrected chi connectivity index (χ3v) is 4.00. The van der Waals surface area contributed by atoms with Gasteiger partial charge in [0.15, 0.2) is 0 Å². The summed E-state index contributed by atoms with van der Waals surface area (Å²) in [6.45, 7) is 0.752. The minimum absolute atomic E-state index is 0.0475. The average Bonchev–Trinajstić information content (AvgIpc) is 2.89. The molecule has 0 spiro atoms. The molecule has 0 bridgehead atoms. The lowest BCUT2D eigenvalue weighted by Crippen LogP contribution is -2.23. The SMILES string of the molecule is O[C@H]1CN(c2cccc(C(F)(F)F)n2)C[C@H]1Cc1ccncc1. The van der Waals surface area contributed by atoms with Crippen molar-refractivity contribution in [1.82, 2.24) is 9.97 Å². The van der Waals surface area contributed by atoms with Gasteiger partial charge in [0.25, 0.3) is 0 Å². The lowest BCUT2D eigenvalue weighted by Gasteiger charge is -2.18. The fourth-order valence-electron chi connectivity index (χ4n) is 2.82. The second-order valence-electron chi connectivity index (χ2n) is 5.67. The second kappa shape index (κ2) is 6.16. The Kier molecular flexibility index (Phi) is 4.21. The van der Waals surface area contributed by atoms with Crippen molar-refractivity contribution >= 4 is 5.82 Å². The van der Waals surface area contributed by atoms with Crippen LogP contribution < -0.4 is 4.90 Å². The zero-order valence-electron chi connectivity index (χ0n) is 12.2. The number of alkyl halides is 3. The molecule has 3 heterocycles. The van der Waals surface area contributed by atoms with E-state index in [1.54, 1.807) is 17.3 Å². The Labute approximate surface area is 131 Å². The van der Waals surface area contributed by atoms with Gasteiger partial charge in [0, 0.05) is 31.4 Å². The van der Waals surface area contributed by atoms with Gasteiger partial charge in [-0.2, -0.15) is 13.2 Å². The number of rotatable bonds is 3. The molecule has 7 heteroatoms. The summed E-state index contributed by atoms with van der Waals surface area (Å²) >= 11 is 0. The van der Waals surface area contributed by atoms with E-state index in [1.165, 1.54) is 12.1 Å². The van der Waals surface area contributed by atoms with Crippen molar-refractivity contribution in [2.24, 2.45) is 5.92 Å². The highest BCUT2D eigenvalue weighted by Gasteiger charge is 2.35. The van der Waals surface area contributed by atoms with Gasteiger partial charge >= 0.3 is 6.18 Å². The minimum Gasteiger partial charge on any atom is -0.391 e. The average molecular weight is 323 g/mol. The van der Waals surface area contributed by atoms with Crippen molar-refractivity contribution in [1.29, 1.82) is 0 Å². The number of pyridine rings is 2. The molecule has 2 aromatic heterocycles. The molecule has 2 atom stereocenters. The first-order valence-electron chi connectivity index (χ1n) is 7.29. The third-order valence-electron chi connectivity index (χ3n) is 4.00. The number of aliphatic hydroxyl groups excluding tert-OH is 1. The van der Waals surface area contributed by atoms with E-state index in [4.69, 9.17) is 0 Å². The number of halogens is 3. The number of aliphatic hydroxyl groups is 1. The molecular weight excluding hydrogens is 307 g/mol. The van der Waals surface area contributed by atoms with Crippen LogP contribution in [0.25, 0.3) is 0 Å². The number of anilines is 1. The molecule has 1 fully saturated rings. The van der Waals surface area contributed by atoms with Crippen molar-refractivity contribution in [3.05, 3.63) is 54.0 Å². The number of β-amino-alcohol motifs (C(OH)–C–C–N with tert-alkyl or cyclic N) is 1. The van der Waals surface area contributed by atoms with Gasteiger partial charge in [0.05, 0.1) is 6.10 Å². The molecule has 0 unspecified atom stereocenters. The summed E-state index contributed by atoms with van der Waals surface area (Å²) in [5, 5.41) is 10.2. The Hall–Kier alpha value is -2.15. The van der Waals surface area contributed by atoms with Crippen LogP contribution >= 0.6 is 0 Å². The molecule has 23 heavy (non-hydrogen) atoms. The predicted molar refractivity (Wildman–Crippen MR) is 78.9 cm³/mol. The van der Waals surface area contributed by atoms with Crippen LogP contribution in [0.4, 0.5) is 19.0 Å². The Bertz CT molecular complexity index is 663. The van der Waals surface area contributed by atoms with Crippen LogP contribution in [0.1, 0.15) is 11.3 Å². The number of nitrogens with zero attached hydrogens (tertiary/aromatic N) is 3. The van der Waals surface area contributed by atoms with E-state index in [0.29, 0.717) is 13.0 Å². The maximum Gasteiger partial charge on any atom is 0.433 e. The molecule has 4 nitrogen and oxygen atoms in total. The van der Waals surface area contributed by atoms with Gasteiger partial charge in [0.1, 0.15) is 11.5 Å². The van der Waals surface area contributed by atoms with Gasteiger partial charge < -0.3 is 10.0 Å². The maximum atomic E-state index is 12.8. The van der Waals surface area contributed by atoms with Crippen molar-refractivity contribution < 1.29 is 18.3 Å². The summed E-state index contributed by atoms with van der Waals surface area (Å²) in [7, 11) is 0. The van der Waals surface area contributed by atoms with Crippen LogP contribution in [0.5, 0.6) is 0 Å². The molecule has 122 valence electrons. The lowest BCUT2D eigenvalue weighted by molar-refractivity contribution is -0.141. The summed E-state index contributed by atoms with van der Waals surface area (Å²) in [4.78, 5) is 9.33. The number of aromatic nitrogens is 2. The molecule has 3 rings (SSSR count). The summed E-state index contributed by atoms with van der Waals surface area (Å²) in [5.74, 6) is 0.199. The van der Waals surface area contributed by atoms with E-state index in [1.807, 2.05) is 12.1 Å². The fraction of sp³-hybridized carbons (Fsp3) is 0.375. The van der Waals surface area contributed by atoms with E-state index in [9.17, 15) is 18.3 Å². The summed E-state index contributed by atoms with van der Waals surface area (Å²) in [5.41, 5.74) is 0.130. The highest BCUT2D eigenvalue weighted by Crippen LogP contribution is 2.31. The molecule has 1 aliphatic heterocycles. The van der Waals surface area contributed by atoms with Gasteiger partial charge in [-0.15, -0.1) is 0 Å². The van der Waals surface area contributed by atoms with Crippen molar-refractivity contribution in [2.75, 3.05) is 18.0 Å². The second-order valence-corrected chi connectivity index (χ2v) is 5.67. The topological polar surface area (TPSA) is 49.2 Å². The molecular formula is C16H16F3N3O. The Balaban J connectivity index is 1.73. The van der Waals surface area contributed by atoms with Crippen LogP contribution in [0.3, 0.4) is 0 Å². The highest BCUT2D eigenvalue weighted by atomic mass is 19.4. The summed E-state index contributed by atoms with van der Waals surface area (Å²) in [6, 6.07) is 7.57. The van der Waals surface area contributed by atoms with Crippen LogP contribution in [0.2, 0.25) is 0 Å². The first kappa shape index (κ1) is 15.7. The zero-order chi connectivity index (χ0) is 16.4. The maximum absolute atomic E-state index is 12.8. The predicted octanol–water partition coefficient (Wildman–Crippen LogP) is 2.54. The largest absolute Gasteiger partial charge is 0.433 e. The van der Waals surface area contributed by atoms with Crippen LogP contribution in [-0.2, 0) is 12.6 Å². The number of hydrogen-bond donors (Lipinski definition) is 1. The Morgan fingerprint density at radius 1 is 1.13 bits per heavy atom. The normalized spacial score (nSPS) is 21.7. The highest BCUT2D eigenvalue weighted by molar-refractivity contribution is 5.41. The summed E-state index contributed by atoms with van der Waals surface area (Å²) in [6.07, 6.45) is -1.05. The van der Waals surface area contributed by atoms with Crippen LogP contribution in [-0.4, -0.2) is 34.3 Å². The molecule has 1 aliphatic rings. The fourth-order valence-corrected chi connectivity index (χ4v) is 2.82. The van der Waals surface area contributed by atoms with E-state index >= 15 is 0 Å². The van der Waals surface area contributed by atoms with Gasteiger partial charge in [-0.25, -0.2) is 4.98 Å². The molecule has 0 amide bonds. The van der Waals surface area contributed by atoms with Gasteiger partial charge in [0.2, 0.25) is 0 Å². The van der Waals surface area contributed by atoms with E-state index < -0.39 is 18.0 Å². The zero-order valence-corrected chi connectivity index (χ0v) is 12.2. The monoisotopic (exact) mass is 323 g/mol. The van der Waals surface area contributed by atoms with E-state index in [2.05, 4.69) is 9.97 Å².